The lowest BCUT2D eigenvalue weighted by Crippen LogP contribution is -2.41. The lowest BCUT2D eigenvalue weighted by molar-refractivity contribution is -0.128. The first-order valence-corrected chi connectivity index (χ1v) is 6.40. The highest BCUT2D eigenvalue weighted by Gasteiger charge is 2.22. The summed E-state index contributed by atoms with van der Waals surface area (Å²) in [5, 5.41) is 3.00. The van der Waals surface area contributed by atoms with Crippen LogP contribution in [0.2, 0.25) is 0 Å². The topological polar surface area (TPSA) is 32.3 Å². The molecule has 0 aromatic rings. The fourth-order valence-electron chi connectivity index (χ4n) is 2.14. The molecule has 1 aliphatic rings. The molecule has 3 nitrogen and oxygen atoms in total. The summed E-state index contributed by atoms with van der Waals surface area (Å²) >= 11 is 0. The van der Waals surface area contributed by atoms with Crippen molar-refractivity contribution in [1.82, 2.24) is 10.2 Å². The van der Waals surface area contributed by atoms with Crippen LogP contribution in [-0.4, -0.2) is 37.0 Å². The highest BCUT2D eigenvalue weighted by molar-refractivity contribution is 5.81. The quantitative estimate of drug-likeness (QED) is 0.795. The molecule has 1 aliphatic carbocycles. The fourth-order valence-corrected chi connectivity index (χ4v) is 2.14. The van der Waals surface area contributed by atoms with Gasteiger partial charge in [-0.05, 0) is 19.9 Å². The Balaban J connectivity index is 2.17. The SMILES string of the molecule is CN(CCNC(=O)C(C)(C)C)C1CCCC1. The third kappa shape index (κ3) is 4.12. The van der Waals surface area contributed by atoms with Crippen LogP contribution in [0.25, 0.3) is 0 Å². The van der Waals surface area contributed by atoms with E-state index in [0.29, 0.717) is 0 Å². The molecule has 0 saturated heterocycles. The Hall–Kier alpha value is -0.570. The van der Waals surface area contributed by atoms with Crippen molar-refractivity contribution in [3.63, 3.8) is 0 Å². The minimum atomic E-state index is -0.272. The van der Waals surface area contributed by atoms with Crippen LogP contribution in [0.1, 0.15) is 46.5 Å². The Morgan fingerprint density at radius 3 is 2.38 bits per heavy atom. The Kier molecular flexibility index (Phi) is 4.78. The first-order chi connectivity index (χ1) is 7.41. The molecule has 0 radical (unpaired) electrons. The Morgan fingerprint density at radius 2 is 1.88 bits per heavy atom. The van der Waals surface area contributed by atoms with Gasteiger partial charge < -0.3 is 10.2 Å². The average molecular weight is 226 g/mol. The first kappa shape index (κ1) is 13.5. The van der Waals surface area contributed by atoms with Crippen LogP contribution >= 0.6 is 0 Å². The van der Waals surface area contributed by atoms with Crippen molar-refractivity contribution in [3.8, 4) is 0 Å². The number of nitrogens with zero attached hydrogens (tertiary/aromatic N) is 1. The lowest BCUT2D eigenvalue weighted by Gasteiger charge is -2.25. The molecule has 0 aliphatic heterocycles. The van der Waals surface area contributed by atoms with Crippen LogP contribution in [-0.2, 0) is 4.79 Å². The van der Waals surface area contributed by atoms with Gasteiger partial charge in [0.05, 0.1) is 0 Å². The van der Waals surface area contributed by atoms with E-state index in [2.05, 4.69) is 17.3 Å². The summed E-state index contributed by atoms with van der Waals surface area (Å²) in [6.07, 6.45) is 5.38. The number of amides is 1. The van der Waals surface area contributed by atoms with Crippen LogP contribution < -0.4 is 5.32 Å². The van der Waals surface area contributed by atoms with E-state index >= 15 is 0 Å². The Labute approximate surface area is 99.6 Å². The van der Waals surface area contributed by atoms with Gasteiger partial charge in [-0.15, -0.1) is 0 Å². The van der Waals surface area contributed by atoms with E-state index in [1.165, 1.54) is 25.7 Å². The van der Waals surface area contributed by atoms with Gasteiger partial charge in [0.25, 0.3) is 0 Å². The fraction of sp³-hybridized carbons (Fsp3) is 0.923. The third-order valence-corrected chi connectivity index (χ3v) is 3.38. The average Bonchev–Trinajstić information content (AvgIpc) is 2.68. The molecule has 1 N–H and O–H groups in total. The van der Waals surface area contributed by atoms with Crippen molar-refractivity contribution in [3.05, 3.63) is 0 Å². The molecule has 1 rings (SSSR count). The zero-order chi connectivity index (χ0) is 12.2. The maximum absolute atomic E-state index is 11.6. The number of nitrogens with one attached hydrogen (secondary N) is 1. The van der Waals surface area contributed by atoms with E-state index in [4.69, 9.17) is 0 Å². The molecule has 0 bridgehead atoms. The van der Waals surface area contributed by atoms with Crippen molar-refractivity contribution in [2.75, 3.05) is 20.1 Å². The van der Waals surface area contributed by atoms with E-state index in [0.717, 1.165) is 19.1 Å². The van der Waals surface area contributed by atoms with Crippen molar-refractivity contribution < 1.29 is 4.79 Å². The Morgan fingerprint density at radius 1 is 1.31 bits per heavy atom. The summed E-state index contributed by atoms with van der Waals surface area (Å²) < 4.78 is 0. The predicted octanol–water partition coefficient (Wildman–Crippen LogP) is 2.02. The molecule has 3 heteroatoms. The molecule has 0 aromatic heterocycles. The summed E-state index contributed by atoms with van der Waals surface area (Å²) in [5.74, 6) is 0.146. The summed E-state index contributed by atoms with van der Waals surface area (Å²) in [6.45, 7) is 7.57. The van der Waals surface area contributed by atoms with Crippen molar-refractivity contribution in [2.45, 2.75) is 52.5 Å². The molecule has 0 atom stereocenters. The van der Waals surface area contributed by atoms with Gasteiger partial charge in [0.15, 0.2) is 0 Å². The van der Waals surface area contributed by atoms with Gasteiger partial charge in [0, 0.05) is 24.5 Å². The Bertz CT molecular complexity index is 227. The number of carbonyl (C=O) groups excluding carboxylic acids is 1. The number of likely N-dealkylation sites (N-methyl/N-ethyl adjacent to an activating group) is 1. The van der Waals surface area contributed by atoms with Gasteiger partial charge in [0.2, 0.25) is 5.91 Å². The molecule has 1 fully saturated rings. The maximum atomic E-state index is 11.6. The smallest absolute Gasteiger partial charge is 0.225 e. The number of hydrogen-bond donors (Lipinski definition) is 1. The van der Waals surface area contributed by atoms with Gasteiger partial charge in [-0.1, -0.05) is 33.6 Å². The van der Waals surface area contributed by atoms with Crippen LogP contribution in [0.5, 0.6) is 0 Å². The van der Waals surface area contributed by atoms with E-state index in [1.54, 1.807) is 0 Å². The molecule has 0 aromatic carbocycles. The molecule has 16 heavy (non-hydrogen) atoms. The summed E-state index contributed by atoms with van der Waals surface area (Å²) in [5.41, 5.74) is -0.272. The van der Waals surface area contributed by atoms with E-state index < -0.39 is 0 Å². The van der Waals surface area contributed by atoms with E-state index in [1.807, 2.05) is 20.8 Å². The molecular formula is C13H26N2O. The minimum Gasteiger partial charge on any atom is -0.354 e. The van der Waals surface area contributed by atoms with E-state index in [9.17, 15) is 4.79 Å². The van der Waals surface area contributed by atoms with Gasteiger partial charge in [-0.2, -0.15) is 0 Å². The molecule has 0 heterocycles. The zero-order valence-corrected chi connectivity index (χ0v) is 11.2. The van der Waals surface area contributed by atoms with Gasteiger partial charge >= 0.3 is 0 Å². The highest BCUT2D eigenvalue weighted by atomic mass is 16.2. The van der Waals surface area contributed by atoms with Gasteiger partial charge in [-0.3, -0.25) is 4.79 Å². The summed E-state index contributed by atoms with van der Waals surface area (Å²) in [6, 6.07) is 0.742. The zero-order valence-electron chi connectivity index (χ0n) is 11.2. The monoisotopic (exact) mass is 226 g/mol. The third-order valence-electron chi connectivity index (χ3n) is 3.38. The van der Waals surface area contributed by atoms with E-state index in [-0.39, 0.29) is 11.3 Å². The van der Waals surface area contributed by atoms with Crippen LogP contribution in [0.15, 0.2) is 0 Å². The second kappa shape index (κ2) is 5.67. The normalized spacial score (nSPS) is 18.1. The van der Waals surface area contributed by atoms with Crippen molar-refractivity contribution in [2.24, 2.45) is 5.41 Å². The van der Waals surface area contributed by atoms with Crippen LogP contribution in [0.3, 0.4) is 0 Å². The molecule has 0 spiro atoms. The first-order valence-electron chi connectivity index (χ1n) is 6.40. The number of hydrogen-bond acceptors (Lipinski definition) is 2. The molecular weight excluding hydrogens is 200 g/mol. The largest absolute Gasteiger partial charge is 0.354 e. The number of rotatable bonds is 4. The predicted molar refractivity (Wildman–Crippen MR) is 67.4 cm³/mol. The summed E-state index contributed by atoms with van der Waals surface area (Å²) in [4.78, 5) is 14.0. The van der Waals surface area contributed by atoms with Crippen LogP contribution in [0, 0.1) is 5.41 Å². The maximum Gasteiger partial charge on any atom is 0.225 e. The molecule has 0 unspecified atom stereocenters. The second-order valence-corrected chi connectivity index (χ2v) is 5.92. The highest BCUT2D eigenvalue weighted by Crippen LogP contribution is 2.21. The molecule has 94 valence electrons. The number of carbonyl (C=O) groups is 1. The van der Waals surface area contributed by atoms with Crippen molar-refractivity contribution >= 4 is 5.91 Å². The molecule has 1 amide bonds. The van der Waals surface area contributed by atoms with Gasteiger partial charge in [-0.25, -0.2) is 0 Å². The van der Waals surface area contributed by atoms with Crippen LogP contribution in [0.4, 0.5) is 0 Å². The van der Waals surface area contributed by atoms with Crippen molar-refractivity contribution in [1.29, 1.82) is 0 Å². The summed E-state index contributed by atoms with van der Waals surface area (Å²) in [7, 11) is 2.17. The second-order valence-electron chi connectivity index (χ2n) is 5.92. The molecule has 1 saturated carbocycles. The van der Waals surface area contributed by atoms with Gasteiger partial charge in [0.1, 0.15) is 0 Å². The lowest BCUT2D eigenvalue weighted by atomic mass is 9.96. The minimum absolute atomic E-state index is 0.146. The standard InChI is InChI=1S/C13H26N2O/c1-13(2,3)12(16)14-9-10-15(4)11-7-5-6-8-11/h11H,5-10H2,1-4H3,(H,14,16).